The Morgan fingerprint density at radius 2 is 1.47 bits per heavy atom. The minimum atomic E-state index is -0.849. The van der Waals surface area contributed by atoms with Crippen LogP contribution in [0, 0.1) is 41.2 Å². The molecule has 0 aromatic heterocycles. The Morgan fingerprint density at radius 3 is 2.06 bits per heavy atom. The van der Waals surface area contributed by atoms with Crippen LogP contribution in [0.1, 0.15) is 89.5 Å². The van der Waals surface area contributed by atoms with Crippen LogP contribution >= 0.6 is 0 Å². The number of benzene rings is 1. The molecule has 2 fully saturated rings. The molecule has 0 saturated heterocycles. The van der Waals surface area contributed by atoms with E-state index < -0.39 is 11.6 Å². The van der Waals surface area contributed by atoms with Crippen molar-refractivity contribution in [2.45, 2.75) is 84.0 Å². The molecule has 1 aromatic carbocycles. The monoisotopic (exact) mass is 442 g/mol. The highest BCUT2D eigenvalue weighted by molar-refractivity contribution is 5.35. The van der Waals surface area contributed by atoms with E-state index in [0.717, 1.165) is 36.5 Å². The Hall–Kier alpha value is -1.64. The Kier molecular flexibility index (Phi) is 8.07. The van der Waals surface area contributed by atoms with Crippen LogP contribution < -0.4 is 4.74 Å². The van der Waals surface area contributed by atoms with Crippen molar-refractivity contribution < 1.29 is 13.5 Å². The summed E-state index contributed by atoms with van der Waals surface area (Å²) in [5.41, 5.74) is 0.470. The molecule has 3 aliphatic rings. The first-order valence-electron chi connectivity index (χ1n) is 13.0. The van der Waals surface area contributed by atoms with Gasteiger partial charge in [0, 0.05) is 5.92 Å². The van der Waals surface area contributed by atoms with E-state index in [1.807, 2.05) is 0 Å². The maximum absolute atomic E-state index is 14.6. The van der Waals surface area contributed by atoms with E-state index in [0.29, 0.717) is 18.1 Å². The summed E-state index contributed by atoms with van der Waals surface area (Å²) >= 11 is 0. The number of allylic oxidation sites excluding steroid dienone is 4. The van der Waals surface area contributed by atoms with Crippen LogP contribution in [0.5, 0.6) is 5.75 Å². The minimum Gasteiger partial charge on any atom is -0.491 e. The quantitative estimate of drug-likeness (QED) is 0.401. The maximum atomic E-state index is 14.6. The smallest absolute Gasteiger partial charge is 0.200 e. The van der Waals surface area contributed by atoms with E-state index in [1.54, 1.807) is 19.1 Å². The molecule has 2 saturated carbocycles. The third-order valence-electron chi connectivity index (χ3n) is 8.55. The summed E-state index contributed by atoms with van der Waals surface area (Å²) in [7, 11) is 0. The number of halogens is 2. The van der Waals surface area contributed by atoms with Gasteiger partial charge in [-0.05, 0) is 119 Å². The van der Waals surface area contributed by atoms with Gasteiger partial charge in [-0.2, -0.15) is 4.39 Å². The number of hydrogen-bond donors (Lipinski definition) is 0. The van der Waals surface area contributed by atoms with E-state index in [1.165, 1.54) is 51.4 Å². The Balaban J connectivity index is 1.29. The molecule has 2 unspecified atom stereocenters. The molecule has 0 radical (unpaired) electrons. The van der Waals surface area contributed by atoms with E-state index >= 15 is 0 Å². The predicted molar refractivity (Wildman–Crippen MR) is 128 cm³/mol. The second-order valence-corrected chi connectivity index (χ2v) is 10.3. The summed E-state index contributed by atoms with van der Waals surface area (Å²) in [4.78, 5) is 0. The van der Waals surface area contributed by atoms with Crippen molar-refractivity contribution in [1.82, 2.24) is 0 Å². The molecule has 0 bridgehead atoms. The third kappa shape index (κ3) is 5.29. The summed E-state index contributed by atoms with van der Waals surface area (Å²) in [6.45, 7) is 4.25. The Morgan fingerprint density at radius 1 is 0.812 bits per heavy atom. The van der Waals surface area contributed by atoms with Crippen LogP contribution in [-0.4, -0.2) is 6.61 Å². The lowest BCUT2D eigenvalue weighted by Crippen LogP contribution is -2.28. The SMILES string of the molecule is CC=CC1CCC(C2CCC(C3C=CC(c4ccc(OCC)c(F)c4F)CC3)CC2)CC1. The average molecular weight is 443 g/mol. The lowest BCUT2D eigenvalue weighted by molar-refractivity contribution is 0.137. The summed E-state index contributed by atoms with van der Waals surface area (Å²) in [5.74, 6) is 2.46. The van der Waals surface area contributed by atoms with Gasteiger partial charge in [-0.3, -0.25) is 0 Å². The van der Waals surface area contributed by atoms with Crippen molar-refractivity contribution in [2.75, 3.05) is 6.61 Å². The van der Waals surface area contributed by atoms with E-state index in [4.69, 9.17) is 4.74 Å². The molecule has 32 heavy (non-hydrogen) atoms. The van der Waals surface area contributed by atoms with Gasteiger partial charge in [-0.15, -0.1) is 0 Å². The van der Waals surface area contributed by atoms with Crippen molar-refractivity contribution in [3.05, 3.63) is 53.6 Å². The summed E-state index contributed by atoms with van der Waals surface area (Å²) < 4.78 is 34.1. The van der Waals surface area contributed by atoms with Crippen molar-refractivity contribution in [3.63, 3.8) is 0 Å². The molecule has 1 nitrogen and oxygen atoms in total. The Bertz CT molecular complexity index is 798. The highest BCUT2D eigenvalue weighted by Crippen LogP contribution is 2.45. The highest BCUT2D eigenvalue weighted by atomic mass is 19.2. The fourth-order valence-electron chi connectivity index (χ4n) is 6.72. The first kappa shape index (κ1) is 23.5. The molecule has 4 rings (SSSR count). The molecule has 3 heteroatoms. The van der Waals surface area contributed by atoms with Gasteiger partial charge in [-0.1, -0.05) is 30.4 Å². The fourth-order valence-corrected chi connectivity index (χ4v) is 6.72. The van der Waals surface area contributed by atoms with Gasteiger partial charge in [-0.25, -0.2) is 4.39 Å². The topological polar surface area (TPSA) is 9.23 Å². The molecule has 1 aromatic rings. The lowest BCUT2D eigenvalue weighted by atomic mass is 9.66. The van der Waals surface area contributed by atoms with Crippen LogP contribution in [0.15, 0.2) is 36.4 Å². The van der Waals surface area contributed by atoms with Crippen molar-refractivity contribution in [3.8, 4) is 5.75 Å². The lowest BCUT2D eigenvalue weighted by Gasteiger charge is -2.40. The van der Waals surface area contributed by atoms with Gasteiger partial charge >= 0.3 is 0 Å². The number of hydrogen-bond acceptors (Lipinski definition) is 1. The molecule has 3 aliphatic carbocycles. The van der Waals surface area contributed by atoms with Gasteiger partial charge in [0.15, 0.2) is 11.6 Å². The van der Waals surface area contributed by atoms with Gasteiger partial charge in [0.05, 0.1) is 6.61 Å². The maximum Gasteiger partial charge on any atom is 0.200 e. The molecule has 0 heterocycles. The summed E-state index contributed by atoms with van der Waals surface area (Å²) in [5, 5.41) is 0. The van der Waals surface area contributed by atoms with Gasteiger partial charge in [0.2, 0.25) is 5.82 Å². The van der Waals surface area contributed by atoms with Crippen LogP contribution in [0.2, 0.25) is 0 Å². The van der Waals surface area contributed by atoms with E-state index in [2.05, 4.69) is 31.2 Å². The first-order chi connectivity index (χ1) is 15.6. The zero-order chi connectivity index (χ0) is 22.5. The standard InChI is InChI=1S/C29H40F2O/c1-3-5-20-6-8-21(9-7-20)22-10-12-23(13-11-22)24-14-16-25(17-15-24)26-18-19-27(32-4-2)29(31)28(26)30/h3,5,14,16,18-25H,4,6-13,15,17H2,1-2H3. The molecule has 0 aliphatic heterocycles. The second kappa shape index (κ2) is 11.0. The van der Waals surface area contributed by atoms with E-state index in [-0.39, 0.29) is 11.7 Å². The van der Waals surface area contributed by atoms with Crippen molar-refractivity contribution in [2.24, 2.45) is 29.6 Å². The zero-order valence-electron chi connectivity index (χ0n) is 19.9. The fraction of sp³-hybridized carbons (Fsp3) is 0.655. The van der Waals surface area contributed by atoms with Crippen LogP contribution in [0.3, 0.4) is 0 Å². The summed E-state index contributed by atoms with van der Waals surface area (Å²) in [6, 6.07) is 3.28. The zero-order valence-corrected chi connectivity index (χ0v) is 19.9. The van der Waals surface area contributed by atoms with Gasteiger partial charge in [0.25, 0.3) is 0 Å². The number of rotatable bonds is 6. The highest BCUT2D eigenvalue weighted by Gasteiger charge is 2.33. The average Bonchev–Trinajstić information content (AvgIpc) is 2.83. The molecule has 0 spiro atoms. The molecule has 0 amide bonds. The van der Waals surface area contributed by atoms with Gasteiger partial charge < -0.3 is 4.74 Å². The number of ether oxygens (including phenoxy) is 1. The molecule has 2 atom stereocenters. The molecule has 176 valence electrons. The molecule has 0 N–H and O–H groups in total. The molecular formula is C29H40F2O. The van der Waals surface area contributed by atoms with Crippen LogP contribution in [0.25, 0.3) is 0 Å². The Labute approximate surface area is 193 Å². The molecular weight excluding hydrogens is 402 g/mol. The van der Waals surface area contributed by atoms with Gasteiger partial charge in [0.1, 0.15) is 0 Å². The van der Waals surface area contributed by atoms with Crippen LogP contribution in [0.4, 0.5) is 8.78 Å². The van der Waals surface area contributed by atoms with Crippen molar-refractivity contribution >= 4 is 0 Å². The largest absolute Gasteiger partial charge is 0.491 e. The summed E-state index contributed by atoms with van der Waals surface area (Å²) in [6.07, 6.45) is 22.1. The minimum absolute atomic E-state index is 0.0125. The van der Waals surface area contributed by atoms with E-state index in [9.17, 15) is 8.78 Å². The second-order valence-electron chi connectivity index (χ2n) is 10.3. The third-order valence-corrected chi connectivity index (χ3v) is 8.55. The van der Waals surface area contributed by atoms with Crippen molar-refractivity contribution in [1.29, 1.82) is 0 Å². The van der Waals surface area contributed by atoms with Crippen LogP contribution in [-0.2, 0) is 0 Å². The first-order valence-corrected chi connectivity index (χ1v) is 13.0. The normalized spacial score (nSPS) is 33.5. The predicted octanol–water partition coefficient (Wildman–Crippen LogP) is 8.60.